The average molecular weight is 606 g/mol. The predicted octanol–water partition coefficient (Wildman–Crippen LogP) is 7.00. The maximum Gasteiger partial charge on any atom is 0.180 e. The number of halogens is 2. The van der Waals surface area contributed by atoms with Crippen LogP contribution in [0.4, 0.5) is 15.9 Å². The van der Waals surface area contributed by atoms with E-state index in [1.165, 1.54) is 41.6 Å². The minimum absolute atomic E-state index is 0.0154. The van der Waals surface area contributed by atoms with Crippen molar-refractivity contribution in [2.75, 3.05) is 17.7 Å². The van der Waals surface area contributed by atoms with Crippen LogP contribution in [0, 0.1) is 9.77 Å². The quantitative estimate of drug-likeness (QED) is 0.135. The highest BCUT2D eigenvalue weighted by atomic mass is 35.5. The number of hydrogen-bond donors (Lipinski definition) is 1. The Balaban J connectivity index is 1.61. The molecule has 13 heteroatoms. The van der Waals surface area contributed by atoms with Crippen LogP contribution in [0.3, 0.4) is 0 Å². The van der Waals surface area contributed by atoms with E-state index < -0.39 is 11.9 Å². The number of fused-ring (bicyclic) bond motifs is 1. The largest absolute Gasteiger partial charge is 0.494 e. The van der Waals surface area contributed by atoms with E-state index in [4.69, 9.17) is 28.6 Å². The van der Waals surface area contributed by atoms with E-state index in [0.29, 0.717) is 56.5 Å². The Bertz CT molecular complexity index is 1590. The number of carbonyl (C=O) groups is 2. The van der Waals surface area contributed by atoms with E-state index in [2.05, 4.69) is 20.4 Å². The lowest BCUT2D eigenvalue weighted by molar-refractivity contribution is -0.121. The number of carbonyl (C=O) groups excluding carboxylic acids is 2. The maximum atomic E-state index is 13.6. The standard InChI is InChI=1S/C26H25ClFN5O3S3/c1-4-36-23-12-21-18(24(30-13-29-21)31-17-5-6-20(28)19(27)11-17)9-16(23)10-22(35)15(3)33-26(37)39-25(32-33)38-8-7-14(2)34/h5-6,9,11-13,15H,4,7-8,10H2,1-3H3,(H,29,30,31). The summed E-state index contributed by atoms with van der Waals surface area (Å²) in [6.07, 6.45) is 1.92. The van der Waals surface area contributed by atoms with Crippen LogP contribution in [-0.2, 0) is 16.0 Å². The molecule has 0 radical (unpaired) electrons. The molecule has 0 aliphatic heterocycles. The lowest BCUT2D eigenvalue weighted by atomic mass is 10.0. The van der Waals surface area contributed by atoms with Crippen molar-refractivity contribution in [3.63, 3.8) is 0 Å². The summed E-state index contributed by atoms with van der Waals surface area (Å²) in [5.74, 6) is 1.11. The highest BCUT2D eigenvalue weighted by molar-refractivity contribution is 8.01. The summed E-state index contributed by atoms with van der Waals surface area (Å²) in [5, 5.41) is 8.31. The second-order valence-corrected chi connectivity index (χ2v) is 12.0. The number of hydrogen-bond acceptors (Lipinski definition) is 10. The van der Waals surface area contributed by atoms with Crippen LogP contribution in [0.15, 0.2) is 41.0 Å². The third-order valence-corrected chi connectivity index (χ3v) is 8.41. The normalized spacial score (nSPS) is 11.9. The predicted molar refractivity (Wildman–Crippen MR) is 156 cm³/mol. The molecule has 0 saturated heterocycles. The highest BCUT2D eigenvalue weighted by Crippen LogP contribution is 2.32. The van der Waals surface area contributed by atoms with Crippen LogP contribution < -0.4 is 10.1 Å². The molecule has 0 amide bonds. The lowest BCUT2D eigenvalue weighted by Crippen LogP contribution is -2.20. The molecule has 1 unspecified atom stereocenters. The number of nitrogens with one attached hydrogen (secondary N) is 1. The monoisotopic (exact) mass is 605 g/mol. The van der Waals surface area contributed by atoms with Gasteiger partial charge in [-0.2, -0.15) is 5.10 Å². The first kappa shape index (κ1) is 29.1. The average Bonchev–Trinajstić information content (AvgIpc) is 3.26. The zero-order valence-electron chi connectivity index (χ0n) is 21.4. The molecule has 0 spiro atoms. The Labute approximate surface area is 243 Å². The summed E-state index contributed by atoms with van der Waals surface area (Å²) in [5.41, 5.74) is 1.83. The van der Waals surface area contributed by atoms with E-state index in [1.807, 2.05) is 13.0 Å². The van der Waals surface area contributed by atoms with Crippen LogP contribution in [0.1, 0.15) is 38.8 Å². The van der Waals surface area contributed by atoms with Gasteiger partial charge in [-0.1, -0.05) is 34.7 Å². The van der Waals surface area contributed by atoms with Crippen LogP contribution in [0.2, 0.25) is 5.02 Å². The molecule has 39 heavy (non-hydrogen) atoms. The smallest absolute Gasteiger partial charge is 0.180 e. The van der Waals surface area contributed by atoms with Crippen molar-refractivity contribution in [3.8, 4) is 5.75 Å². The number of nitrogens with zero attached hydrogens (tertiary/aromatic N) is 4. The summed E-state index contributed by atoms with van der Waals surface area (Å²) < 4.78 is 22.2. The topological polar surface area (TPSA) is 99.0 Å². The van der Waals surface area contributed by atoms with Crippen molar-refractivity contribution in [2.45, 2.75) is 44.0 Å². The van der Waals surface area contributed by atoms with E-state index in [0.717, 1.165) is 4.34 Å². The van der Waals surface area contributed by atoms with E-state index in [1.54, 1.807) is 30.7 Å². The Kier molecular flexibility index (Phi) is 9.65. The zero-order chi connectivity index (χ0) is 28.1. The van der Waals surface area contributed by atoms with Gasteiger partial charge in [0.1, 0.15) is 35.5 Å². The molecule has 0 aliphatic rings. The summed E-state index contributed by atoms with van der Waals surface area (Å²) in [7, 11) is 0. The van der Waals surface area contributed by atoms with Crippen molar-refractivity contribution in [2.24, 2.45) is 0 Å². The van der Waals surface area contributed by atoms with Gasteiger partial charge in [-0.3, -0.25) is 9.59 Å². The summed E-state index contributed by atoms with van der Waals surface area (Å²) >= 11 is 14.2. The molecule has 204 valence electrons. The molecule has 2 heterocycles. The molecule has 0 saturated carbocycles. The molecule has 2 aromatic heterocycles. The number of Topliss-reactive ketones (excluding diaryl/α,β-unsaturated/α-hetero) is 2. The molecule has 8 nitrogen and oxygen atoms in total. The van der Waals surface area contributed by atoms with Crippen molar-refractivity contribution in [1.82, 2.24) is 19.7 Å². The third-order valence-electron chi connectivity index (χ3n) is 5.73. The molecule has 1 N–H and O–H groups in total. The second-order valence-electron chi connectivity index (χ2n) is 8.58. The van der Waals surface area contributed by atoms with E-state index in [9.17, 15) is 14.0 Å². The molecule has 0 fully saturated rings. The number of ketones is 2. The van der Waals surface area contributed by atoms with Gasteiger partial charge in [-0.25, -0.2) is 19.0 Å². The number of aromatic nitrogens is 4. The van der Waals surface area contributed by atoms with Crippen molar-refractivity contribution >= 4 is 80.9 Å². The Morgan fingerprint density at radius 1 is 1.28 bits per heavy atom. The van der Waals surface area contributed by atoms with Gasteiger partial charge in [-0.05, 0) is 57.3 Å². The molecular weight excluding hydrogens is 581 g/mol. The van der Waals surface area contributed by atoms with Gasteiger partial charge >= 0.3 is 0 Å². The fourth-order valence-electron chi connectivity index (χ4n) is 3.69. The molecule has 0 bridgehead atoms. The molecule has 0 aliphatic carbocycles. The Hall–Kier alpha value is -2.93. The lowest BCUT2D eigenvalue weighted by Gasteiger charge is -2.16. The van der Waals surface area contributed by atoms with E-state index >= 15 is 0 Å². The van der Waals surface area contributed by atoms with Gasteiger partial charge in [0.25, 0.3) is 0 Å². The van der Waals surface area contributed by atoms with Crippen LogP contribution in [-0.4, -0.2) is 43.7 Å². The zero-order valence-corrected chi connectivity index (χ0v) is 24.6. The van der Waals surface area contributed by atoms with Crippen LogP contribution in [0.5, 0.6) is 5.75 Å². The maximum absolute atomic E-state index is 13.6. The molecule has 4 rings (SSSR count). The van der Waals surface area contributed by atoms with Crippen LogP contribution >= 0.6 is 46.9 Å². The molecule has 4 aromatic rings. The summed E-state index contributed by atoms with van der Waals surface area (Å²) in [6, 6.07) is 7.28. The first-order valence-electron chi connectivity index (χ1n) is 12.0. The first-order chi connectivity index (χ1) is 18.7. The molecule has 2 aromatic carbocycles. The number of ether oxygens (including phenoxy) is 1. The van der Waals surface area contributed by atoms with Crippen molar-refractivity contribution in [1.29, 1.82) is 0 Å². The van der Waals surface area contributed by atoms with E-state index in [-0.39, 0.29) is 23.0 Å². The summed E-state index contributed by atoms with van der Waals surface area (Å²) in [6.45, 7) is 5.58. The fraction of sp³-hybridized carbons (Fsp3) is 0.308. The molecular formula is C26H25ClFN5O3S3. The Morgan fingerprint density at radius 3 is 2.79 bits per heavy atom. The van der Waals surface area contributed by atoms with Gasteiger partial charge in [0.15, 0.2) is 14.1 Å². The van der Waals surface area contributed by atoms with Gasteiger partial charge in [0.05, 0.1) is 17.1 Å². The van der Waals surface area contributed by atoms with Crippen molar-refractivity contribution in [3.05, 3.63) is 57.0 Å². The number of thioether (sulfide) groups is 1. The highest BCUT2D eigenvalue weighted by Gasteiger charge is 2.22. The Morgan fingerprint density at radius 2 is 2.08 bits per heavy atom. The third kappa shape index (κ3) is 7.18. The van der Waals surface area contributed by atoms with Gasteiger partial charge in [-0.15, -0.1) is 0 Å². The van der Waals surface area contributed by atoms with Gasteiger partial charge in [0, 0.05) is 41.3 Å². The molecule has 1 atom stereocenters. The number of anilines is 2. The van der Waals surface area contributed by atoms with Crippen molar-refractivity contribution < 1.29 is 18.7 Å². The minimum Gasteiger partial charge on any atom is -0.494 e. The fourth-order valence-corrected chi connectivity index (χ4v) is 6.47. The minimum atomic E-state index is -0.605. The number of rotatable bonds is 12. The van der Waals surface area contributed by atoms with Crippen LogP contribution in [0.25, 0.3) is 10.9 Å². The summed E-state index contributed by atoms with van der Waals surface area (Å²) in [4.78, 5) is 33.3. The second kappa shape index (κ2) is 12.9. The first-order valence-corrected chi connectivity index (χ1v) is 14.6. The van der Waals surface area contributed by atoms with Gasteiger partial charge in [0.2, 0.25) is 0 Å². The SMILES string of the molecule is CCOc1cc2ncnc(Nc3ccc(F)c(Cl)c3)c2cc1CC(=O)C(C)n1nc(SCCC(C)=O)sc1=S. The van der Waals surface area contributed by atoms with Gasteiger partial charge < -0.3 is 10.1 Å². The number of benzene rings is 2.